The molecule has 0 unspecified atom stereocenters. The number of aromatic nitrogens is 1. The van der Waals surface area contributed by atoms with Gasteiger partial charge in [-0.1, -0.05) is 12.1 Å². The number of methoxy groups -OCH3 is 1. The van der Waals surface area contributed by atoms with Gasteiger partial charge in [0.15, 0.2) is 0 Å². The first kappa shape index (κ1) is 19.8. The number of hydrogen-bond donors (Lipinski definition) is 2. The Bertz CT molecular complexity index is 969. The Morgan fingerprint density at radius 2 is 1.96 bits per heavy atom. The molecule has 0 saturated carbocycles. The van der Waals surface area contributed by atoms with Gasteiger partial charge in [-0.3, -0.25) is 14.5 Å². The second-order valence-electron chi connectivity index (χ2n) is 6.39. The Kier molecular flexibility index (Phi) is 6.23. The van der Waals surface area contributed by atoms with E-state index in [9.17, 15) is 9.59 Å². The zero-order chi connectivity index (χ0) is 20.1. The van der Waals surface area contributed by atoms with Gasteiger partial charge in [-0.15, -0.1) is 11.3 Å². The van der Waals surface area contributed by atoms with Crippen LogP contribution >= 0.6 is 11.3 Å². The standard InChI is InChI=1S/C20H22N4O3S/c1-13(25)21-14-8-9-17(27-3)16(10-14)22-19(26)11-24(2)12-20-23-15-6-4-5-7-18(15)28-20/h4-10H,11-12H2,1-3H3,(H,21,25)(H,22,26). The van der Waals surface area contributed by atoms with E-state index in [1.165, 1.54) is 14.0 Å². The summed E-state index contributed by atoms with van der Waals surface area (Å²) < 4.78 is 6.43. The number of amides is 2. The molecule has 3 aromatic rings. The summed E-state index contributed by atoms with van der Waals surface area (Å²) in [7, 11) is 3.40. The van der Waals surface area contributed by atoms with Crippen LogP contribution in [0.5, 0.6) is 5.75 Å². The molecule has 2 N–H and O–H groups in total. The maximum Gasteiger partial charge on any atom is 0.238 e. The number of fused-ring (bicyclic) bond motifs is 1. The molecule has 0 fully saturated rings. The number of carbonyl (C=O) groups is 2. The van der Waals surface area contributed by atoms with Gasteiger partial charge in [0, 0.05) is 12.6 Å². The highest BCUT2D eigenvalue weighted by Gasteiger charge is 2.13. The summed E-state index contributed by atoms with van der Waals surface area (Å²) in [5.74, 6) is 0.163. The summed E-state index contributed by atoms with van der Waals surface area (Å²) in [5.41, 5.74) is 2.07. The van der Waals surface area contributed by atoms with E-state index in [2.05, 4.69) is 15.6 Å². The second-order valence-corrected chi connectivity index (χ2v) is 7.51. The number of benzene rings is 2. The third kappa shape index (κ3) is 5.05. The van der Waals surface area contributed by atoms with Crippen LogP contribution in [0.1, 0.15) is 11.9 Å². The zero-order valence-corrected chi connectivity index (χ0v) is 16.8. The third-order valence-corrected chi connectivity index (χ3v) is 4.97. The van der Waals surface area contributed by atoms with E-state index in [-0.39, 0.29) is 18.4 Å². The van der Waals surface area contributed by atoms with Gasteiger partial charge in [0.05, 0.1) is 36.1 Å². The van der Waals surface area contributed by atoms with Crippen molar-refractivity contribution in [2.24, 2.45) is 0 Å². The summed E-state index contributed by atoms with van der Waals surface area (Å²) in [6, 6.07) is 13.1. The van der Waals surface area contributed by atoms with E-state index in [1.807, 2.05) is 36.2 Å². The number of nitrogens with zero attached hydrogens (tertiary/aromatic N) is 2. The number of nitrogens with one attached hydrogen (secondary N) is 2. The van der Waals surface area contributed by atoms with Crippen LogP contribution in [0.2, 0.25) is 0 Å². The van der Waals surface area contributed by atoms with E-state index in [0.717, 1.165) is 15.2 Å². The number of rotatable bonds is 7. The Morgan fingerprint density at radius 3 is 2.68 bits per heavy atom. The van der Waals surface area contributed by atoms with Crippen LogP contribution in [0.3, 0.4) is 0 Å². The smallest absolute Gasteiger partial charge is 0.238 e. The maximum absolute atomic E-state index is 12.5. The summed E-state index contributed by atoms with van der Waals surface area (Å²) in [5, 5.41) is 6.50. The molecule has 0 aliphatic carbocycles. The lowest BCUT2D eigenvalue weighted by atomic mass is 10.2. The minimum atomic E-state index is -0.182. The molecule has 0 spiro atoms. The van der Waals surface area contributed by atoms with E-state index in [0.29, 0.717) is 23.7 Å². The van der Waals surface area contributed by atoms with Crippen molar-refractivity contribution in [3.63, 3.8) is 0 Å². The van der Waals surface area contributed by atoms with Crippen LogP contribution < -0.4 is 15.4 Å². The average Bonchev–Trinajstić information content (AvgIpc) is 3.03. The SMILES string of the molecule is COc1ccc(NC(C)=O)cc1NC(=O)CN(C)Cc1nc2ccccc2s1. The van der Waals surface area contributed by atoms with E-state index in [1.54, 1.807) is 29.5 Å². The van der Waals surface area contributed by atoms with Gasteiger partial charge in [-0.25, -0.2) is 4.98 Å². The highest BCUT2D eigenvalue weighted by atomic mass is 32.1. The fourth-order valence-corrected chi connectivity index (χ4v) is 3.84. The van der Waals surface area contributed by atoms with Crippen molar-refractivity contribution >= 4 is 44.7 Å². The number of ether oxygens (including phenoxy) is 1. The highest BCUT2D eigenvalue weighted by molar-refractivity contribution is 7.18. The number of likely N-dealkylation sites (N-methyl/N-ethyl adjacent to an activating group) is 1. The van der Waals surface area contributed by atoms with Gasteiger partial charge in [0.1, 0.15) is 10.8 Å². The van der Waals surface area contributed by atoms with Crippen molar-refractivity contribution in [2.45, 2.75) is 13.5 Å². The first-order chi connectivity index (χ1) is 13.4. The lowest BCUT2D eigenvalue weighted by molar-refractivity contribution is -0.117. The van der Waals surface area contributed by atoms with Crippen molar-refractivity contribution in [1.82, 2.24) is 9.88 Å². The monoisotopic (exact) mass is 398 g/mol. The van der Waals surface area contributed by atoms with Crippen molar-refractivity contribution in [3.05, 3.63) is 47.5 Å². The maximum atomic E-state index is 12.5. The number of hydrogen-bond acceptors (Lipinski definition) is 6. The molecule has 0 bridgehead atoms. The van der Waals surface area contributed by atoms with Gasteiger partial charge in [-0.2, -0.15) is 0 Å². The molecule has 3 rings (SSSR count). The predicted octanol–water partition coefficient (Wildman–Crippen LogP) is 3.33. The molecular formula is C20H22N4O3S. The van der Waals surface area contributed by atoms with Crippen molar-refractivity contribution in [1.29, 1.82) is 0 Å². The van der Waals surface area contributed by atoms with Crippen molar-refractivity contribution in [3.8, 4) is 5.75 Å². The van der Waals surface area contributed by atoms with Crippen LogP contribution in [0.25, 0.3) is 10.2 Å². The molecule has 1 heterocycles. The molecule has 8 heteroatoms. The van der Waals surface area contributed by atoms with Gasteiger partial charge in [0.2, 0.25) is 11.8 Å². The van der Waals surface area contributed by atoms with Gasteiger partial charge < -0.3 is 15.4 Å². The Labute approximate surface area is 167 Å². The van der Waals surface area contributed by atoms with Crippen LogP contribution in [-0.2, 0) is 16.1 Å². The first-order valence-electron chi connectivity index (χ1n) is 8.73. The molecule has 7 nitrogen and oxygen atoms in total. The molecule has 0 atom stereocenters. The summed E-state index contributed by atoms with van der Waals surface area (Å²) in [6.45, 7) is 2.21. The molecule has 146 valence electrons. The normalized spacial score (nSPS) is 10.9. The van der Waals surface area contributed by atoms with Crippen LogP contribution in [0, 0.1) is 0 Å². The van der Waals surface area contributed by atoms with Gasteiger partial charge >= 0.3 is 0 Å². The highest BCUT2D eigenvalue weighted by Crippen LogP contribution is 2.28. The Balaban J connectivity index is 1.63. The van der Waals surface area contributed by atoms with Crippen LogP contribution in [0.15, 0.2) is 42.5 Å². The second kappa shape index (κ2) is 8.81. The van der Waals surface area contributed by atoms with Crippen molar-refractivity contribution < 1.29 is 14.3 Å². The lowest BCUT2D eigenvalue weighted by Crippen LogP contribution is -2.30. The predicted molar refractivity (Wildman–Crippen MR) is 112 cm³/mol. The number of anilines is 2. The summed E-state index contributed by atoms with van der Waals surface area (Å²) >= 11 is 1.63. The van der Waals surface area contributed by atoms with Gasteiger partial charge in [0.25, 0.3) is 0 Å². The van der Waals surface area contributed by atoms with E-state index < -0.39 is 0 Å². The topological polar surface area (TPSA) is 83.6 Å². The number of carbonyl (C=O) groups excluding carboxylic acids is 2. The first-order valence-corrected chi connectivity index (χ1v) is 9.54. The minimum Gasteiger partial charge on any atom is -0.495 e. The van der Waals surface area contributed by atoms with E-state index in [4.69, 9.17) is 4.74 Å². The number of thiazole rings is 1. The molecule has 2 aromatic carbocycles. The van der Waals surface area contributed by atoms with E-state index >= 15 is 0 Å². The zero-order valence-electron chi connectivity index (χ0n) is 16.0. The summed E-state index contributed by atoms with van der Waals surface area (Å²) in [6.07, 6.45) is 0. The number of para-hydroxylation sites is 1. The fraction of sp³-hybridized carbons (Fsp3) is 0.250. The molecule has 1 aromatic heterocycles. The fourth-order valence-electron chi connectivity index (χ4n) is 2.80. The molecule has 0 aliphatic heterocycles. The minimum absolute atomic E-state index is 0.179. The van der Waals surface area contributed by atoms with Crippen molar-refractivity contribution in [2.75, 3.05) is 31.3 Å². The quantitative estimate of drug-likeness (QED) is 0.638. The lowest BCUT2D eigenvalue weighted by Gasteiger charge is -2.16. The molecule has 28 heavy (non-hydrogen) atoms. The van der Waals surface area contributed by atoms with Crippen LogP contribution in [0.4, 0.5) is 11.4 Å². The third-order valence-electron chi connectivity index (χ3n) is 3.95. The molecule has 2 amide bonds. The van der Waals surface area contributed by atoms with Crippen LogP contribution in [-0.4, -0.2) is 42.4 Å². The average molecular weight is 398 g/mol. The molecule has 0 saturated heterocycles. The molecule has 0 aliphatic rings. The Morgan fingerprint density at radius 1 is 1.18 bits per heavy atom. The Hall–Kier alpha value is -2.97. The largest absolute Gasteiger partial charge is 0.495 e. The molecule has 0 radical (unpaired) electrons. The summed E-state index contributed by atoms with van der Waals surface area (Å²) in [4.78, 5) is 30.2. The van der Waals surface area contributed by atoms with Gasteiger partial charge in [-0.05, 0) is 37.4 Å². The molecular weight excluding hydrogens is 376 g/mol.